The number of rotatable bonds is 5. The molecular weight excluding hydrogens is 373 g/mol. The lowest BCUT2D eigenvalue weighted by atomic mass is 10.1. The summed E-state index contributed by atoms with van der Waals surface area (Å²) in [5.41, 5.74) is 9.42. The first kappa shape index (κ1) is 18.4. The zero-order valence-corrected chi connectivity index (χ0v) is 15.6. The van der Waals surface area contributed by atoms with Crippen molar-refractivity contribution in [1.82, 2.24) is 19.9 Å². The summed E-state index contributed by atoms with van der Waals surface area (Å²) in [5.74, 6) is -0.187. The van der Waals surface area contributed by atoms with E-state index in [2.05, 4.69) is 15.3 Å². The van der Waals surface area contributed by atoms with Crippen LogP contribution in [0.2, 0.25) is 0 Å². The van der Waals surface area contributed by atoms with Crippen LogP contribution in [0.4, 0.5) is 10.2 Å². The van der Waals surface area contributed by atoms with E-state index in [0.29, 0.717) is 11.6 Å². The Morgan fingerprint density at radius 2 is 1.97 bits per heavy atom. The SMILES string of the molecule is COc1ccc(F)cc1C(=O)NCc1ccc(-n2ccc3ncnc(N)c32)cc1. The third-order valence-corrected chi connectivity index (χ3v) is 4.57. The first-order chi connectivity index (χ1) is 14.1. The molecule has 0 radical (unpaired) electrons. The van der Waals surface area contributed by atoms with E-state index in [1.807, 2.05) is 41.1 Å². The number of carbonyl (C=O) groups excluding carboxylic acids is 1. The van der Waals surface area contributed by atoms with Crippen LogP contribution in [-0.4, -0.2) is 27.6 Å². The van der Waals surface area contributed by atoms with E-state index in [1.54, 1.807) is 0 Å². The number of nitrogens with two attached hydrogens (primary N) is 1. The van der Waals surface area contributed by atoms with Crippen molar-refractivity contribution in [1.29, 1.82) is 0 Å². The average molecular weight is 391 g/mol. The molecule has 29 heavy (non-hydrogen) atoms. The van der Waals surface area contributed by atoms with Crippen molar-refractivity contribution in [2.75, 3.05) is 12.8 Å². The van der Waals surface area contributed by atoms with Gasteiger partial charge in [-0.05, 0) is 42.0 Å². The maximum Gasteiger partial charge on any atom is 0.255 e. The van der Waals surface area contributed by atoms with E-state index in [0.717, 1.165) is 28.4 Å². The fourth-order valence-corrected chi connectivity index (χ4v) is 3.12. The summed E-state index contributed by atoms with van der Waals surface area (Å²) in [7, 11) is 1.44. The Hall–Kier alpha value is -3.94. The molecule has 2 aromatic heterocycles. The molecule has 0 aliphatic rings. The molecule has 0 fully saturated rings. The van der Waals surface area contributed by atoms with Gasteiger partial charge >= 0.3 is 0 Å². The lowest BCUT2D eigenvalue weighted by Gasteiger charge is -2.11. The quantitative estimate of drug-likeness (QED) is 0.545. The third-order valence-electron chi connectivity index (χ3n) is 4.57. The van der Waals surface area contributed by atoms with Crippen LogP contribution >= 0.6 is 0 Å². The molecular formula is C21H18FN5O2. The first-order valence-electron chi connectivity index (χ1n) is 8.85. The minimum atomic E-state index is -0.498. The molecule has 2 aromatic carbocycles. The van der Waals surface area contributed by atoms with Crippen LogP contribution in [0.15, 0.2) is 61.1 Å². The predicted molar refractivity (Wildman–Crippen MR) is 107 cm³/mol. The van der Waals surface area contributed by atoms with Gasteiger partial charge in [0.25, 0.3) is 5.91 Å². The molecule has 146 valence electrons. The second-order valence-electron chi connectivity index (χ2n) is 6.37. The maximum absolute atomic E-state index is 13.5. The van der Waals surface area contributed by atoms with Crippen molar-refractivity contribution in [2.24, 2.45) is 0 Å². The predicted octanol–water partition coefficient (Wildman–Crippen LogP) is 3.08. The fourth-order valence-electron chi connectivity index (χ4n) is 3.12. The number of hydrogen-bond donors (Lipinski definition) is 2. The lowest BCUT2D eigenvalue weighted by Crippen LogP contribution is -2.23. The Morgan fingerprint density at radius 1 is 1.17 bits per heavy atom. The monoisotopic (exact) mass is 391 g/mol. The molecule has 0 spiro atoms. The molecule has 0 saturated carbocycles. The van der Waals surface area contributed by atoms with Crippen molar-refractivity contribution in [3.05, 3.63) is 78.0 Å². The number of benzene rings is 2. The Kier molecular flexibility index (Phi) is 4.82. The Bertz CT molecular complexity index is 1190. The molecule has 3 N–H and O–H groups in total. The molecule has 0 atom stereocenters. The van der Waals surface area contributed by atoms with Gasteiger partial charge in [-0.3, -0.25) is 4.79 Å². The van der Waals surface area contributed by atoms with Crippen LogP contribution in [0, 0.1) is 5.82 Å². The number of nitrogens with zero attached hydrogens (tertiary/aromatic N) is 3. The number of methoxy groups -OCH3 is 1. The normalized spacial score (nSPS) is 10.8. The van der Waals surface area contributed by atoms with Crippen molar-refractivity contribution in [2.45, 2.75) is 6.54 Å². The van der Waals surface area contributed by atoms with Gasteiger partial charge in [-0.1, -0.05) is 12.1 Å². The van der Waals surface area contributed by atoms with Crippen molar-refractivity contribution < 1.29 is 13.9 Å². The summed E-state index contributed by atoms with van der Waals surface area (Å²) in [6, 6.07) is 13.3. The number of amides is 1. The summed E-state index contributed by atoms with van der Waals surface area (Å²) >= 11 is 0. The number of nitrogen functional groups attached to an aromatic ring is 1. The number of anilines is 1. The van der Waals surface area contributed by atoms with Crippen LogP contribution in [0.1, 0.15) is 15.9 Å². The van der Waals surface area contributed by atoms with Crippen molar-refractivity contribution in [3.8, 4) is 11.4 Å². The van der Waals surface area contributed by atoms with Crippen LogP contribution in [0.5, 0.6) is 5.75 Å². The molecule has 2 heterocycles. The van der Waals surface area contributed by atoms with Gasteiger partial charge < -0.3 is 20.4 Å². The lowest BCUT2D eigenvalue weighted by molar-refractivity contribution is 0.0947. The summed E-state index contributed by atoms with van der Waals surface area (Å²) in [6.07, 6.45) is 3.31. The smallest absolute Gasteiger partial charge is 0.255 e. The van der Waals surface area contributed by atoms with E-state index in [-0.39, 0.29) is 12.1 Å². The van der Waals surface area contributed by atoms with E-state index in [9.17, 15) is 9.18 Å². The number of hydrogen-bond acceptors (Lipinski definition) is 5. The number of aromatic nitrogens is 3. The van der Waals surface area contributed by atoms with E-state index >= 15 is 0 Å². The van der Waals surface area contributed by atoms with E-state index in [4.69, 9.17) is 10.5 Å². The third kappa shape index (κ3) is 3.60. The van der Waals surface area contributed by atoms with Gasteiger partial charge in [-0.2, -0.15) is 0 Å². The number of halogens is 1. The minimum absolute atomic E-state index is 0.151. The number of ether oxygens (including phenoxy) is 1. The highest BCUT2D eigenvalue weighted by molar-refractivity contribution is 5.96. The molecule has 1 amide bonds. The van der Waals surface area contributed by atoms with Crippen LogP contribution < -0.4 is 15.8 Å². The summed E-state index contributed by atoms with van der Waals surface area (Å²) in [4.78, 5) is 20.6. The highest BCUT2D eigenvalue weighted by atomic mass is 19.1. The molecule has 0 saturated heterocycles. The summed E-state index contributed by atoms with van der Waals surface area (Å²) < 4.78 is 20.5. The standard InChI is InChI=1S/C21H18FN5O2/c1-29-18-7-4-14(22)10-16(18)21(28)24-11-13-2-5-15(6-3-13)27-9-8-17-19(27)20(23)26-12-25-17/h2-10,12H,11H2,1H3,(H,24,28)(H2,23,25,26). The molecule has 7 nitrogen and oxygen atoms in total. The fraction of sp³-hybridized carbons (Fsp3) is 0.0952. The molecule has 0 unspecified atom stereocenters. The summed E-state index contributed by atoms with van der Waals surface area (Å²) in [6.45, 7) is 0.288. The highest BCUT2D eigenvalue weighted by Gasteiger charge is 2.13. The van der Waals surface area contributed by atoms with Gasteiger partial charge in [0.15, 0.2) is 5.82 Å². The second-order valence-corrected chi connectivity index (χ2v) is 6.37. The van der Waals surface area contributed by atoms with Gasteiger partial charge in [0.1, 0.15) is 23.4 Å². The number of nitrogens with one attached hydrogen (secondary N) is 1. The molecule has 4 rings (SSSR count). The van der Waals surface area contributed by atoms with Crippen LogP contribution in [0.25, 0.3) is 16.7 Å². The van der Waals surface area contributed by atoms with Crippen LogP contribution in [-0.2, 0) is 6.54 Å². The maximum atomic E-state index is 13.5. The summed E-state index contributed by atoms with van der Waals surface area (Å²) in [5, 5.41) is 2.78. The van der Waals surface area contributed by atoms with Gasteiger partial charge in [-0.25, -0.2) is 14.4 Å². The van der Waals surface area contributed by atoms with Crippen molar-refractivity contribution in [3.63, 3.8) is 0 Å². The highest BCUT2D eigenvalue weighted by Crippen LogP contribution is 2.23. The second kappa shape index (κ2) is 7.59. The minimum Gasteiger partial charge on any atom is -0.496 e. The Morgan fingerprint density at radius 3 is 2.72 bits per heavy atom. The van der Waals surface area contributed by atoms with Gasteiger partial charge in [0, 0.05) is 18.4 Å². The molecule has 0 bridgehead atoms. The Labute approximate surface area is 166 Å². The zero-order chi connectivity index (χ0) is 20.4. The van der Waals surface area contributed by atoms with E-state index in [1.165, 1.54) is 25.6 Å². The van der Waals surface area contributed by atoms with Gasteiger partial charge in [0.2, 0.25) is 0 Å². The van der Waals surface area contributed by atoms with Gasteiger partial charge in [-0.15, -0.1) is 0 Å². The largest absolute Gasteiger partial charge is 0.496 e. The number of carbonyl (C=O) groups is 1. The topological polar surface area (TPSA) is 95.1 Å². The molecule has 0 aliphatic carbocycles. The number of fused-ring (bicyclic) bond motifs is 1. The van der Waals surface area contributed by atoms with Crippen molar-refractivity contribution >= 4 is 22.8 Å². The average Bonchev–Trinajstić information content (AvgIpc) is 3.18. The van der Waals surface area contributed by atoms with E-state index < -0.39 is 11.7 Å². The van der Waals surface area contributed by atoms with Gasteiger partial charge in [0.05, 0.1) is 18.2 Å². The first-order valence-corrected chi connectivity index (χ1v) is 8.85. The van der Waals surface area contributed by atoms with Crippen LogP contribution in [0.3, 0.4) is 0 Å². The molecule has 0 aliphatic heterocycles. The molecule has 8 heteroatoms. The Balaban J connectivity index is 1.50. The zero-order valence-electron chi connectivity index (χ0n) is 15.6. The molecule has 4 aromatic rings.